The molecule has 1 atom stereocenters. The number of carbonyl (C=O) groups is 3. The second kappa shape index (κ2) is 11.5. The number of hydrogen-bond donors (Lipinski definition) is 2. The average Bonchev–Trinajstić information content (AvgIpc) is 2.71. The van der Waals surface area contributed by atoms with E-state index in [1.54, 1.807) is 44.2 Å². The molecule has 172 valence electrons. The quantitative estimate of drug-likeness (QED) is 0.435. The summed E-state index contributed by atoms with van der Waals surface area (Å²) in [6.45, 7) is 5.13. The first-order chi connectivity index (χ1) is 15.0. The SMILES string of the molecule is COC(=O)[C@H](C)NC(=O)Cc1cc(Cl)c(Oc2ccc(NC(=O)C(C)C)c(Br)c2)c(Cl)c1. The van der Waals surface area contributed by atoms with Gasteiger partial charge in [0.2, 0.25) is 11.8 Å². The van der Waals surface area contributed by atoms with Gasteiger partial charge in [-0.2, -0.15) is 0 Å². The van der Waals surface area contributed by atoms with E-state index in [0.29, 0.717) is 21.5 Å². The van der Waals surface area contributed by atoms with Crippen LogP contribution in [-0.2, 0) is 25.5 Å². The van der Waals surface area contributed by atoms with Crippen LogP contribution in [0.4, 0.5) is 5.69 Å². The maximum Gasteiger partial charge on any atom is 0.328 e. The highest BCUT2D eigenvalue weighted by molar-refractivity contribution is 9.10. The van der Waals surface area contributed by atoms with Crippen LogP contribution in [0.3, 0.4) is 0 Å². The molecule has 32 heavy (non-hydrogen) atoms. The van der Waals surface area contributed by atoms with E-state index >= 15 is 0 Å². The minimum Gasteiger partial charge on any atom is -0.467 e. The van der Waals surface area contributed by atoms with E-state index in [-0.39, 0.29) is 39.9 Å². The number of halogens is 3. The predicted octanol–water partition coefficient (Wildman–Crippen LogP) is 5.36. The lowest BCUT2D eigenvalue weighted by molar-refractivity contribution is -0.144. The topological polar surface area (TPSA) is 93.7 Å². The van der Waals surface area contributed by atoms with Crippen molar-refractivity contribution in [3.8, 4) is 11.5 Å². The summed E-state index contributed by atoms with van der Waals surface area (Å²) in [6.07, 6.45) is -0.0309. The molecule has 2 aromatic rings. The predicted molar refractivity (Wildman–Crippen MR) is 127 cm³/mol. The zero-order valence-corrected chi connectivity index (χ0v) is 21.0. The summed E-state index contributed by atoms with van der Waals surface area (Å²) in [5.74, 6) is -0.511. The van der Waals surface area contributed by atoms with Crippen LogP contribution in [0, 0.1) is 5.92 Å². The number of nitrogens with one attached hydrogen (secondary N) is 2. The van der Waals surface area contributed by atoms with Gasteiger partial charge in [0.15, 0.2) is 5.75 Å². The second-order valence-electron chi connectivity index (χ2n) is 7.27. The molecule has 0 radical (unpaired) electrons. The third-order valence-electron chi connectivity index (χ3n) is 4.30. The highest BCUT2D eigenvalue weighted by atomic mass is 79.9. The van der Waals surface area contributed by atoms with Gasteiger partial charge in [0.25, 0.3) is 0 Å². The van der Waals surface area contributed by atoms with Gasteiger partial charge < -0.3 is 20.1 Å². The molecule has 0 saturated carbocycles. The Labute approximate surface area is 204 Å². The standard InChI is InChI=1S/C22H23BrCl2N2O5/c1-11(2)21(29)27-18-6-5-14(10-15(18)23)32-20-16(24)7-13(8-17(20)25)9-19(28)26-12(3)22(30)31-4/h5-8,10-12H,9H2,1-4H3,(H,26,28)(H,27,29)/t12-/m0/s1. The summed E-state index contributed by atoms with van der Waals surface area (Å²) in [6, 6.07) is 7.41. The maximum atomic E-state index is 12.2. The molecule has 2 rings (SSSR count). The monoisotopic (exact) mass is 544 g/mol. The largest absolute Gasteiger partial charge is 0.467 e. The maximum absolute atomic E-state index is 12.2. The van der Waals surface area contributed by atoms with Gasteiger partial charge in [-0.05, 0) is 58.7 Å². The van der Waals surface area contributed by atoms with Crippen molar-refractivity contribution in [2.75, 3.05) is 12.4 Å². The Morgan fingerprint density at radius 1 is 1.06 bits per heavy atom. The first-order valence-corrected chi connectivity index (χ1v) is 11.2. The van der Waals surface area contributed by atoms with Crippen molar-refractivity contribution in [1.29, 1.82) is 0 Å². The third-order valence-corrected chi connectivity index (χ3v) is 5.52. The third kappa shape index (κ3) is 7.12. The van der Waals surface area contributed by atoms with E-state index in [1.165, 1.54) is 14.0 Å². The summed E-state index contributed by atoms with van der Waals surface area (Å²) in [5, 5.41) is 5.79. The van der Waals surface area contributed by atoms with Crippen LogP contribution < -0.4 is 15.4 Å². The van der Waals surface area contributed by atoms with E-state index in [4.69, 9.17) is 27.9 Å². The molecule has 7 nitrogen and oxygen atoms in total. The van der Waals surface area contributed by atoms with E-state index < -0.39 is 12.0 Å². The molecular formula is C22H23BrCl2N2O5. The fourth-order valence-electron chi connectivity index (χ4n) is 2.58. The molecular weight excluding hydrogens is 523 g/mol. The fraction of sp³-hybridized carbons (Fsp3) is 0.318. The van der Waals surface area contributed by atoms with Gasteiger partial charge >= 0.3 is 5.97 Å². The van der Waals surface area contributed by atoms with Crippen molar-refractivity contribution in [2.24, 2.45) is 5.92 Å². The molecule has 0 fully saturated rings. The number of benzene rings is 2. The van der Waals surface area contributed by atoms with Crippen molar-refractivity contribution in [2.45, 2.75) is 33.2 Å². The number of anilines is 1. The first kappa shape index (κ1) is 26.0. The fourth-order valence-corrected chi connectivity index (χ4v) is 3.65. The molecule has 0 aliphatic heterocycles. The molecule has 2 aromatic carbocycles. The normalized spacial score (nSPS) is 11.6. The van der Waals surface area contributed by atoms with Gasteiger partial charge in [0.1, 0.15) is 11.8 Å². The number of rotatable bonds is 8. The van der Waals surface area contributed by atoms with Crippen LogP contribution in [-0.4, -0.2) is 30.9 Å². The molecule has 2 N–H and O–H groups in total. The first-order valence-electron chi connectivity index (χ1n) is 9.65. The lowest BCUT2D eigenvalue weighted by atomic mass is 10.1. The lowest BCUT2D eigenvalue weighted by Gasteiger charge is -2.15. The van der Waals surface area contributed by atoms with Crippen LogP contribution in [0.1, 0.15) is 26.3 Å². The van der Waals surface area contributed by atoms with Gasteiger partial charge in [-0.25, -0.2) is 4.79 Å². The van der Waals surface area contributed by atoms with E-state index in [1.807, 2.05) is 0 Å². The Morgan fingerprint density at radius 2 is 1.69 bits per heavy atom. The number of ether oxygens (including phenoxy) is 2. The number of hydrogen-bond acceptors (Lipinski definition) is 5. The smallest absolute Gasteiger partial charge is 0.328 e. The Morgan fingerprint density at radius 3 is 2.22 bits per heavy atom. The van der Waals surface area contributed by atoms with Gasteiger partial charge in [-0.1, -0.05) is 37.0 Å². The lowest BCUT2D eigenvalue weighted by Crippen LogP contribution is -2.39. The summed E-state index contributed by atoms with van der Waals surface area (Å²) >= 11 is 16.1. The molecule has 10 heteroatoms. The Balaban J connectivity index is 2.12. The van der Waals surface area contributed by atoms with Crippen LogP contribution >= 0.6 is 39.1 Å². The number of esters is 1. The Kier molecular flexibility index (Phi) is 9.36. The van der Waals surface area contributed by atoms with Crippen molar-refractivity contribution < 1.29 is 23.9 Å². The Hall–Kier alpha value is -2.29. The minimum absolute atomic E-state index is 0.0309. The minimum atomic E-state index is -0.771. The zero-order chi connectivity index (χ0) is 24.0. The molecule has 0 aliphatic rings. The highest BCUT2D eigenvalue weighted by Gasteiger charge is 2.18. The number of carbonyl (C=O) groups excluding carboxylic acids is 3. The van der Waals surface area contributed by atoms with Gasteiger partial charge in [-0.15, -0.1) is 0 Å². The molecule has 0 heterocycles. The summed E-state index contributed by atoms with van der Waals surface area (Å²) < 4.78 is 11.0. The average molecular weight is 546 g/mol. The van der Waals surface area contributed by atoms with Crippen LogP contribution in [0.25, 0.3) is 0 Å². The number of methoxy groups -OCH3 is 1. The molecule has 0 aromatic heterocycles. The number of amides is 2. The van der Waals surface area contributed by atoms with Crippen molar-refractivity contribution >= 4 is 62.6 Å². The Bertz CT molecular complexity index is 1010. The van der Waals surface area contributed by atoms with E-state index in [9.17, 15) is 14.4 Å². The van der Waals surface area contributed by atoms with Gasteiger partial charge in [0.05, 0.1) is 29.3 Å². The zero-order valence-electron chi connectivity index (χ0n) is 17.9. The molecule has 2 amide bonds. The molecule has 0 saturated heterocycles. The second-order valence-corrected chi connectivity index (χ2v) is 8.93. The van der Waals surface area contributed by atoms with E-state index in [0.717, 1.165) is 0 Å². The van der Waals surface area contributed by atoms with Gasteiger partial charge in [0, 0.05) is 10.4 Å². The van der Waals surface area contributed by atoms with Crippen molar-refractivity contribution in [3.63, 3.8) is 0 Å². The summed E-state index contributed by atoms with van der Waals surface area (Å²) in [5.41, 5.74) is 1.16. The summed E-state index contributed by atoms with van der Waals surface area (Å²) in [4.78, 5) is 35.5. The van der Waals surface area contributed by atoms with E-state index in [2.05, 4.69) is 31.3 Å². The van der Waals surface area contributed by atoms with Crippen molar-refractivity contribution in [1.82, 2.24) is 5.32 Å². The van der Waals surface area contributed by atoms with Crippen LogP contribution in [0.15, 0.2) is 34.8 Å². The highest BCUT2D eigenvalue weighted by Crippen LogP contribution is 2.39. The summed E-state index contributed by atoms with van der Waals surface area (Å²) in [7, 11) is 1.25. The molecule has 0 bridgehead atoms. The van der Waals surface area contributed by atoms with Crippen LogP contribution in [0.5, 0.6) is 11.5 Å². The molecule has 0 aliphatic carbocycles. The van der Waals surface area contributed by atoms with Gasteiger partial charge in [-0.3, -0.25) is 9.59 Å². The van der Waals surface area contributed by atoms with Crippen LogP contribution in [0.2, 0.25) is 10.0 Å². The molecule has 0 unspecified atom stereocenters. The molecule has 0 spiro atoms. The van der Waals surface area contributed by atoms with Crippen molar-refractivity contribution in [3.05, 3.63) is 50.4 Å².